The first kappa shape index (κ1) is 29.8. The van der Waals surface area contributed by atoms with E-state index < -0.39 is 39.6 Å². The summed E-state index contributed by atoms with van der Waals surface area (Å²) in [7, 11) is -7.61. The lowest BCUT2D eigenvalue weighted by atomic mass is 9.98. The molecule has 2 fully saturated rings. The normalized spacial score (nSPS) is 31.1. The molecule has 0 N–H and O–H groups in total. The second-order valence-corrected chi connectivity index (χ2v) is 31.1. The van der Waals surface area contributed by atoms with Crippen LogP contribution in [0.2, 0.25) is 78.6 Å². The maximum Gasteiger partial charge on any atom is 0.187 e. The third kappa shape index (κ3) is 11.0. The average molecular weight is 538 g/mol. The van der Waals surface area contributed by atoms with Gasteiger partial charge in [0.2, 0.25) is 0 Å². The van der Waals surface area contributed by atoms with Crippen LogP contribution in [0.15, 0.2) is 0 Å². The fraction of sp³-hybridized carbons (Fsp3) is 1.00. The van der Waals surface area contributed by atoms with Crippen LogP contribution in [0.1, 0.15) is 0 Å². The first-order valence-electron chi connectivity index (χ1n) is 12.5. The molecule has 0 amide bonds. The molecule has 2 heterocycles. The van der Waals surface area contributed by atoms with Crippen LogP contribution in [-0.4, -0.2) is 102 Å². The topological polar surface area (TPSA) is 58.6 Å². The minimum Gasteiger partial charge on any atom is -0.409 e. The van der Waals surface area contributed by atoms with Crippen molar-refractivity contribution in [2.24, 2.45) is 0 Å². The molecule has 5 unspecified atom stereocenters. The number of hydrogen-bond donors (Lipinski definition) is 0. The van der Waals surface area contributed by atoms with E-state index in [0.29, 0.717) is 0 Å². The van der Waals surface area contributed by atoms with Crippen molar-refractivity contribution in [1.82, 2.24) is 4.90 Å². The van der Waals surface area contributed by atoms with Crippen molar-refractivity contribution in [2.75, 3.05) is 32.8 Å². The highest BCUT2D eigenvalue weighted by atomic mass is 28.4. The van der Waals surface area contributed by atoms with E-state index in [1.165, 1.54) is 0 Å². The summed E-state index contributed by atoms with van der Waals surface area (Å²) < 4.78 is 39.6. The minimum absolute atomic E-state index is 0.140. The quantitative estimate of drug-likeness (QED) is 0.379. The lowest BCUT2D eigenvalue weighted by molar-refractivity contribution is -0.266. The van der Waals surface area contributed by atoms with Crippen LogP contribution in [-0.2, 0) is 27.2 Å². The SMILES string of the molecule is C[Si](C)(C)OC1OC(CN2CCOCC2)C(O[Si](C)(C)C)C(O[Si](C)(C)C)C1O[Si](C)(C)C. The molecule has 0 radical (unpaired) electrons. The molecule has 0 spiro atoms. The molecule has 0 saturated carbocycles. The molecule has 0 aromatic rings. The van der Waals surface area contributed by atoms with Crippen LogP contribution in [0.4, 0.5) is 0 Å². The summed E-state index contributed by atoms with van der Waals surface area (Å²) in [6.07, 6.45) is -1.28. The van der Waals surface area contributed by atoms with E-state index in [1.54, 1.807) is 0 Å². The smallest absolute Gasteiger partial charge is 0.187 e. The molecule has 11 heteroatoms. The van der Waals surface area contributed by atoms with Crippen molar-refractivity contribution >= 4 is 33.3 Å². The molecule has 0 bridgehead atoms. The lowest BCUT2D eigenvalue weighted by Crippen LogP contribution is -2.68. The molecule has 2 aliphatic rings. The van der Waals surface area contributed by atoms with Crippen molar-refractivity contribution in [3.05, 3.63) is 0 Å². The van der Waals surface area contributed by atoms with E-state index in [2.05, 4.69) is 83.5 Å². The van der Waals surface area contributed by atoms with Gasteiger partial charge < -0.3 is 27.2 Å². The highest BCUT2D eigenvalue weighted by Crippen LogP contribution is 2.35. The third-order valence-electron chi connectivity index (χ3n) is 5.07. The van der Waals surface area contributed by atoms with Gasteiger partial charge in [-0.25, -0.2) is 0 Å². The van der Waals surface area contributed by atoms with Crippen LogP contribution in [0, 0.1) is 0 Å². The maximum atomic E-state index is 6.91. The van der Waals surface area contributed by atoms with E-state index in [9.17, 15) is 0 Å². The Morgan fingerprint density at radius 1 is 0.606 bits per heavy atom. The molecule has 5 atom stereocenters. The molecule has 196 valence electrons. The number of rotatable bonds is 10. The fourth-order valence-corrected chi connectivity index (χ4v) is 8.27. The predicted molar refractivity (Wildman–Crippen MR) is 145 cm³/mol. The number of morpholine rings is 1. The Kier molecular flexibility index (Phi) is 10.2. The van der Waals surface area contributed by atoms with E-state index >= 15 is 0 Å². The molecule has 0 aromatic carbocycles. The summed E-state index contributed by atoms with van der Waals surface area (Å²) in [6.45, 7) is 30.9. The van der Waals surface area contributed by atoms with Crippen LogP contribution < -0.4 is 0 Å². The third-order valence-corrected chi connectivity index (χ3v) is 8.95. The largest absolute Gasteiger partial charge is 0.409 e. The summed E-state index contributed by atoms with van der Waals surface area (Å²) >= 11 is 0. The monoisotopic (exact) mass is 537 g/mol. The van der Waals surface area contributed by atoms with Crippen molar-refractivity contribution in [3.8, 4) is 0 Å². The van der Waals surface area contributed by atoms with Crippen molar-refractivity contribution < 1.29 is 27.2 Å². The summed E-state index contributed by atoms with van der Waals surface area (Å²) in [5, 5.41) is 0. The van der Waals surface area contributed by atoms with E-state index in [4.69, 9.17) is 27.2 Å². The van der Waals surface area contributed by atoms with E-state index in [1.807, 2.05) is 0 Å². The standard InChI is InChI=1S/C22H51NO6Si4/c1-30(2,3)26-19-18(17-23-13-15-24-16-14-23)25-22(29-33(10,11)12)21(28-32(7,8)9)20(19)27-31(4,5)6/h18-22H,13-17H2,1-12H3. The van der Waals surface area contributed by atoms with Gasteiger partial charge in [-0.3, -0.25) is 4.90 Å². The molecular weight excluding hydrogens is 487 g/mol. The number of ether oxygens (including phenoxy) is 2. The van der Waals surface area contributed by atoms with Crippen LogP contribution in [0.3, 0.4) is 0 Å². The second kappa shape index (κ2) is 11.3. The van der Waals surface area contributed by atoms with Gasteiger partial charge in [-0.15, -0.1) is 0 Å². The van der Waals surface area contributed by atoms with Gasteiger partial charge >= 0.3 is 0 Å². The van der Waals surface area contributed by atoms with Gasteiger partial charge in [-0.1, -0.05) is 0 Å². The summed E-state index contributed by atoms with van der Waals surface area (Å²) in [4.78, 5) is 2.42. The van der Waals surface area contributed by atoms with Crippen molar-refractivity contribution in [2.45, 2.75) is 109 Å². The highest BCUT2D eigenvalue weighted by molar-refractivity contribution is 6.71. The van der Waals surface area contributed by atoms with Crippen molar-refractivity contribution in [3.63, 3.8) is 0 Å². The van der Waals surface area contributed by atoms with Crippen LogP contribution in [0.5, 0.6) is 0 Å². The summed E-state index contributed by atoms with van der Waals surface area (Å²) in [6, 6.07) is 0. The minimum atomic E-state index is -1.91. The molecule has 0 aromatic heterocycles. The second-order valence-electron chi connectivity index (χ2n) is 13.3. The van der Waals surface area contributed by atoms with Crippen molar-refractivity contribution in [1.29, 1.82) is 0 Å². The Bertz CT molecular complexity index is 608. The Labute approximate surface area is 207 Å². The number of hydrogen-bond acceptors (Lipinski definition) is 7. The first-order valence-corrected chi connectivity index (χ1v) is 26.1. The zero-order valence-corrected chi connectivity index (χ0v) is 27.3. The van der Waals surface area contributed by atoms with Gasteiger partial charge in [0.15, 0.2) is 39.6 Å². The fourth-order valence-electron chi connectivity index (χ4n) is 4.13. The molecule has 2 rings (SSSR count). The zero-order chi connectivity index (χ0) is 25.2. The average Bonchev–Trinajstić information content (AvgIpc) is 2.58. The van der Waals surface area contributed by atoms with Crippen LogP contribution in [0.25, 0.3) is 0 Å². The van der Waals surface area contributed by atoms with Gasteiger partial charge in [0.25, 0.3) is 0 Å². The molecule has 7 nitrogen and oxygen atoms in total. The van der Waals surface area contributed by atoms with Gasteiger partial charge in [0.05, 0.1) is 13.2 Å². The molecule has 0 aliphatic carbocycles. The molecule has 2 aliphatic heterocycles. The zero-order valence-electron chi connectivity index (χ0n) is 23.3. The number of nitrogens with zero attached hydrogens (tertiary/aromatic N) is 1. The molecular formula is C22H51NO6Si4. The van der Waals surface area contributed by atoms with Gasteiger partial charge in [-0.2, -0.15) is 0 Å². The summed E-state index contributed by atoms with van der Waals surface area (Å²) in [5.41, 5.74) is 0. The Balaban J connectivity index is 2.48. The Morgan fingerprint density at radius 3 is 1.48 bits per heavy atom. The highest BCUT2D eigenvalue weighted by Gasteiger charge is 2.52. The van der Waals surface area contributed by atoms with Gasteiger partial charge in [-0.05, 0) is 78.6 Å². The lowest BCUT2D eigenvalue weighted by Gasteiger charge is -2.52. The molecule has 2 saturated heterocycles. The molecule has 33 heavy (non-hydrogen) atoms. The first-order chi connectivity index (χ1) is 14.8. The van der Waals surface area contributed by atoms with E-state index in [0.717, 1.165) is 32.8 Å². The van der Waals surface area contributed by atoms with Gasteiger partial charge in [0.1, 0.15) is 24.4 Å². The maximum absolute atomic E-state index is 6.91. The van der Waals surface area contributed by atoms with E-state index in [-0.39, 0.29) is 24.4 Å². The van der Waals surface area contributed by atoms with Gasteiger partial charge in [0, 0.05) is 19.6 Å². The van der Waals surface area contributed by atoms with Crippen LogP contribution >= 0.6 is 0 Å². The summed E-state index contributed by atoms with van der Waals surface area (Å²) in [5.74, 6) is 0. The Hall–Kier alpha value is 0.588. The predicted octanol–water partition coefficient (Wildman–Crippen LogP) is 4.56. The Morgan fingerprint density at radius 2 is 1.03 bits per heavy atom.